The van der Waals surface area contributed by atoms with Crippen molar-refractivity contribution in [2.45, 2.75) is 78.1 Å². The van der Waals surface area contributed by atoms with Crippen LogP contribution < -0.4 is 20.5 Å². The number of carbonyl (C=O) groups excluding carboxylic acids is 1. The van der Waals surface area contributed by atoms with Crippen LogP contribution in [0.1, 0.15) is 65.3 Å². The molecule has 242 valence electrons. The van der Waals surface area contributed by atoms with Gasteiger partial charge in [0.1, 0.15) is 11.9 Å². The molecule has 12 heteroatoms. The average Bonchev–Trinajstić information content (AvgIpc) is 2.96. The maximum absolute atomic E-state index is 13.7. The number of sulfonamides is 1. The second-order valence-electron chi connectivity index (χ2n) is 12.4. The number of aromatic nitrogens is 1. The van der Waals surface area contributed by atoms with Gasteiger partial charge in [-0.2, -0.15) is 4.31 Å². The van der Waals surface area contributed by atoms with Crippen LogP contribution in [0.25, 0.3) is 0 Å². The zero-order valence-corrected chi connectivity index (χ0v) is 27.5. The zero-order chi connectivity index (χ0) is 31.6. The van der Waals surface area contributed by atoms with Crippen molar-refractivity contribution in [3.05, 3.63) is 56.5 Å². The number of aromatic amines is 1. The van der Waals surface area contributed by atoms with E-state index in [9.17, 15) is 18.0 Å². The smallest absolute Gasteiger partial charge is 0.253 e. The van der Waals surface area contributed by atoms with Gasteiger partial charge in [-0.1, -0.05) is 0 Å². The van der Waals surface area contributed by atoms with Crippen LogP contribution in [0.5, 0.6) is 5.75 Å². The minimum absolute atomic E-state index is 0.0197. The van der Waals surface area contributed by atoms with Crippen molar-refractivity contribution in [2.24, 2.45) is 0 Å². The van der Waals surface area contributed by atoms with Crippen molar-refractivity contribution >= 4 is 21.6 Å². The Labute approximate surface area is 260 Å². The number of hydrogen-bond acceptors (Lipinski definition) is 8. The molecule has 1 saturated carbocycles. The van der Waals surface area contributed by atoms with Crippen LogP contribution in [-0.4, -0.2) is 98.9 Å². The van der Waals surface area contributed by atoms with E-state index in [0.29, 0.717) is 42.0 Å². The molecule has 2 aliphatic heterocycles. The lowest BCUT2D eigenvalue weighted by Gasteiger charge is -2.45. The van der Waals surface area contributed by atoms with Gasteiger partial charge in [-0.3, -0.25) is 14.5 Å². The lowest BCUT2D eigenvalue weighted by molar-refractivity contribution is 0.00408. The van der Waals surface area contributed by atoms with Crippen LogP contribution in [0.2, 0.25) is 0 Å². The molecule has 0 spiro atoms. The second-order valence-corrected chi connectivity index (χ2v) is 14.4. The van der Waals surface area contributed by atoms with Gasteiger partial charge in [0, 0.05) is 106 Å². The third kappa shape index (κ3) is 7.30. The number of nitrogens with zero attached hydrogens (tertiary/aromatic N) is 3. The Morgan fingerprint density at radius 3 is 2.39 bits per heavy atom. The first-order chi connectivity index (χ1) is 20.9. The molecular formula is C32H47N5O6S. The Balaban J connectivity index is 1.33. The van der Waals surface area contributed by atoms with Crippen LogP contribution in [-0.2, 0) is 21.3 Å². The molecule has 2 saturated heterocycles. The number of H-pyrrole nitrogens is 1. The topological polar surface area (TPSA) is 124 Å². The fourth-order valence-electron chi connectivity index (χ4n) is 6.79. The number of ether oxygens (including phenoxy) is 2. The van der Waals surface area contributed by atoms with E-state index in [1.807, 2.05) is 32.9 Å². The number of aryl methyl sites for hydroxylation is 2. The van der Waals surface area contributed by atoms with Crippen molar-refractivity contribution in [1.82, 2.24) is 19.5 Å². The molecule has 1 aliphatic carbocycles. The van der Waals surface area contributed by atoms with Crippen LogP contribution in [0.15, 0.2) is 23.0 Å². The minimum Gasteiger partial charge on any atom is -0.490 e. The Morgan fingerprint density at radius 1 is 1.09 bits per heavy atom. The molecular weight excluding hydrogens is 582 g/mol. The molecule has 2 N–H and O–H groups in total. The predicted molar refractivity (Wildman–Crippen MR) is 171 cm³/mol. The molecule has 2 aromatic rings. The number of amides is 1. The summed E-state index contributed by atoms with van der Waals surface area (Å²) in [6, 6.07) is 6.48. The predicted octanol–water partition coefficient (Wildman–Crippen LogP) is 2.72. The van der Waals surface area contributed by atoms with Gasteiger partial charge in [-0.15, -0.1) is 0 Å². The summed E-state index contributed by atoms with van der Waals surface area (Å²) in [6.07, 6.45) is 4.85. The molecule has 44 heavy (non-hydrogen) atoms. The maximum Gasteiger partial charge on any atom is 0.253 e. The molecule has 1 amide bonds. The lowest BCUT2D eigenvalue weighted by Crippen LogP contribution is -2.56. The minimum atomic E-state index is -3.16. The number of anilines is 1. The number of pyridine rings is 1. The largest absolute Gasteiger partial charge is 0.490 e. The van der Waals surface area contributed by atoms with Crippen molar-refractivity contribution in [3.8, 4) is 5.75 Å². The third-order valence-corrected chi connectivity index (χ3v) is 10.7. The molecule has 0 radical (unpaired) electrons. The van der Waals surface area contributed by atoms with Gasteiger partial charge in [0.05, 0.1) is 6.26 Å². The molecule has 0 bridgehead atoms. The van der Waals surface area contributed by atoms with Gasteiger partial charge < -0.3 is 24.7 Å². The molecule has 1 aromatic carbocycles. The summed E-state index contributed by atoms with van der Waals surface area (Å²) in [5, 5.41) is 2.99. The van der Waals surface area contributed by atoms with E-state index in [1.54, 1.807) is 4.31 Å². The normalized spacial score (nSPS) is 21.9. The average molecular weight is 630 g/mol. The number of rotatable bonds is 10. The molecule has 3 fully saturated rings. The second kappa shape index (κ2) is 13.6. The first kappa shape index (κ1) is 32.5. The quantitative estimate of drug-likeness (QED) is 0.411. The Hall–Kier alpha value is -2.93. The molecule has 5 rings (SSSR count). The highest BCUT2D eigenvalue weighted by molar-refractivity contribution is 7.88. The number of nitrogens with one attached hydrogen (secondary N) is 2. The van der Waals surface area contributed by atoms with Crippen LogP contribution in [0, 0.1) is 20.8 Å². The standard InChI is InChI=1S/C32H47N5O6S/c1-6-37(24-7-13-42-14-8-24)30-19-27(43-26-16-25(17-26)35-9-11-36(12-10-35)44(5,40)41)18-28(23(30)4)31(38)33-20-29-21(2)15-22(3)34-32(29)39/h15,18-19,24-26H,6-14,16-17,20H2,1-5H3,(H,33,38)(H,34,39). The van der Waals surface area contributed by atoms with E-state index in [4.69, 9.17) is 9.47 Å². The SMILES string of the molecule is CCN(c1cc(OC2CC(N3CCN(S(C)(=O)=O)CC3)C2)cc(C(=O)NCc2c(C)cc(C)[nH]c2=O)c1C)C1CCOCC1. The van der Waals surface area contributed by atoms with Crippen molar-refractivity contribution in [3.63, 3.8) is 0 Å². The summed E-state index contributed by atoms with van der Waals surface area (Å²) in [4.78, 5) is 33.8. The summed E-state index contributed by atoms with van der Waals surface area (Å²) in [7, 11) is -3.16. The summed E-state index contributed by atoms with van der Waals surface area (Å²) in [5.74, 6) is 0.419. The van der Waals surface area contributed by atoms with Crippen molar-refractivity contribution in [1.29, 1.82) is 0 Å². The van der Waals surface area contributed by atoms with Crippen molar-refractivity contribution < 1.29 is 22.7 Å². The Kier molecular flexibility index (Phi) is 10.0. The van der Waals surface area contributed by atoms with Gasteiger partial charge in [0.2, 0.25) is 10.0 Å². The highest BCUT2D eigenvalue weighted by Crippen LogP contribution is 2.36. The number of piperazine rings is 1. The molecule has 3 aliphatic rings. The van der Waals surface area contributed by atoms with Gasteiger partial charge in [-0.25, -0.2) is 8.42 Å². The third-order valence-electron chi connectivity index (χ3n) is 9.43. The van der Waals surface area contributed by atoms with E-state index in [-0.39, 0.29) is 24.1 Å². The van der Waals surface area contributed by atoms with Crippen molar-refractivity contribution in [2.75, 3.05) is 57.1 Å². The monoisotopic (exact) mass is 629 g/mol. The molecule has 0 unspecified atom stereocenters. The lowest BCUT2D eigenvalue weighted by atomic mass is 9.87. The summed E-state index contributed by atoms with van der Waals surface area (Å²) < 4.78 is 37.5. The van der Waals surface area contributed by atoms with Gasteiger partial charge in [0.25, 0.3) is 11.5 Å². The molecule has 0 atom stereocenters. The molecule has 3 heterocycles. The summed E-state index contributed by atoms with van der Waals surface area (Å²) >= 11 is 0. The fraction of sp³-hybridized carbons (Fsp3) is 0.625. The first-order valence-electron chi connectivity index (χ1n) is 15.8. The maximum atomic E-state index is 13.7. The highest BCUT2D eigenvalue weighted by atomic mass is 32.2. The van der Waals surface area contributed by atoms with E-state index in [0.717, 1.165) is 81.0 Å². The van der Waals surface area contributed by atoms with Crippen LogP contribution >= 0.6 is 0 Å². The van der Waals surface area contributed by atoms with Crippen LogP contribution in [0.3, 0.4) is 0 Å². The number of carbonyl (C=O) groups is 1. The Bertz CT molecular complexity index is 1510. The first-order valence-corrected chi connectivity index (χ1v) is 17.6. The fourth-order valence-corrected chi connectivity index (χ4v) is 7.61. The van der Waals surface area contributed by atoms with Crippen LogP contribution in [0.4, 0.5) is 5.69 Å². The van der Waals surface area contributed by atoms with E-state index < -0.39 is 10.0 Å². The van der Waals surface area contributed by atoms with Gasteiger partial charge >= 0.3 is 0 Å². The molecule has 11 nitrogen and oxygen atoms in total. The summed E-state index contributed by atoms with van der Waals surface area (Å²) in [6.45, 7) is 12.7. The van der Waals surface area contributed by atoms with E-state index in [2.05, 4.69) is 33.1 Å². The summed E-state index contributed by atoms with van der Waals surface area (Å²) in [5.41, 5.74) is 4.39. The number of hydrogen-bond donors (Lipinski definition) is 2. The molecule has 1 aromatic heterocycles. The van der Waals surface area contributed by atoms with Gasteiger partial charge in [0.15, 0.2) is 0 Å². The Morgan fingerprint density at radius 2 is 1.77 bits per heavy atom. The van der Waals surface area contributed by atoms with E-state index in [1.165, 1.54) is 6.26 Å². The van der Waals surface area contributed by atoms with Gasteiger partial charge in [-0.05, 0) is 63.8 Å². The number of benzene rings is 1. The van der Waals surface area contributed by atoms with E-state index >= 15 is 0 Å². The highest BCUT2D eigenvalue weighted by Gasteiger charge is 2.38. The zero-order valence-electron chi connectivity index (χ0n) is 26.6.